The van der Waals surface area contributed by atoms with Crippen LogP contribution in [0.1, 0.15) is 15.9 Å². The molecule has 0 saturated carbocycles. The standard InChI is InChI=1S/C16H13Cl2N3OS/c17-14-8-13(15(18)23-14)16(22)19-7-6-11-9-20-21(10-11)12-4-2-1-3-5-12/h1-5,8-10H,6-7H2,(H,19,22). The second kappa shape index (κ2) is 7.17. The highest BCUT2D eigenvalue weighted by atomic mass is 35.5. The zero-order valence-electron chi connectivity index (χ0n) is 12.0. The Kier molecular flexibility index (Phi) is 5.00. The molecule has 0 radical (unpaired) electrons. The van der Waals surface area contributed by atoms with E-state index >= 15 is 0 Å². The molecule has 23 heavy (non-hydrogen) atoms. The molecule has 2 aromatic heterocycles. The van der Waals surface area contributed by atoms with E-state index in [4.69, 9.17) is 23.2 Å². The fraction of sp³-hybridized carbons (Fsp3) is 0.125. The van der Waals surface area contributed by atoms with Gasteiger partial charge in [0.15, 0.2) is 0 Å². The van der Waals surface area contributed by atoms with E-state index < -0.39 is 0 Å². The van der Waals surface area contributed by atoms with Crippen molar-refractivity contribution in [2.24, 2.45) is 0 Å². The molecule has 0 fully saturated rings. The fourth-order valence-corrected chi connectivity index (χ4v) is 3.58. The first-order chi connectivity index (χ1) is 11.1. The number of aromatic nitrogens is 2. The van der Waals surface area contributed by atoms with E-state index in [-0.39, 0.29) is 5.91 Å². The lowest BCUT2D eigenvalue weighted by molar-refractivity contribution is 0.0954. The maximum absolute atomic E-state index is 12.0. The Morgan fingerprint density at radius 1 is 1.26 bits per heavy atom. The van der Waals surface area contributed by atoms with Crippen molar-refractivity contribution in [3.8, 4) is 5.69 Å². The number of nitrogens with one attached hydrogen (secondary N) is 1. The first-order valence-electron chi connectivity index (χ1n) is 6.95. The quantitative estimate of drug-likeness (QED) is 0.735. The van der Waals surface area contributed by atoms with Gasteiger partial charge in [-0.05, 0) is 30.2 Å². The van der Waals surface area contributed by atoms with E-state index in [0.29, 0.717) is 27.2 Å². The van der Waals surface area contributed by atoms with Crippen LogP contribution < -0.4 is 5.32 Å². The van der Waals surface area contributed by atoms with Gasteiger partial charge in [0.25, 0.3) is 5.91 Å². The van der Waals surface area contributed by atoms with Gasteiger partial charge in [0.05, 0.1) is 21.8 Å². The minimum Gasteiger partial charge on any atom is -0.352 e. The zero-order valence-corrected chi connectivity index (χ0v) is 14.3. The molecule has 0 saturated heterocycles. The molecule has 118 valence electrons. The molecule has 0 aliphatic heterocycles. The minimum absolute atomic E-state index is 0.214. The van der Waals surface area contributed by atoms with Gasteiger partial charge in [-0.25, -0.2) is 4.68 Å². The van der Waals surface area contributed by atoms with Gasteiger partial charge in [0.1, 0.15) is 4.34 Å². The van der Waals surface area contributed by atoms with E-state index in [1.54, 1.807) is 12.3 Å². The van der Waals surface area contributed by atoms with E-state index in [9.17, 15) is 4.79 Å². The predicted molar refractivity (Wildman–Crippen MR) is 93.9 cm³/mol. The number of halogens is 2. The molecule has 0 aliphatic rings. The summed E-state index contributed by atoms with van der Waals surface area (Å²) in [6.07, 6.45) is 4.44. The van der Waals surface area contributed by atoms with Crippen LogP contribution in [0.4, 0.5) is 0 Å². The molecule has 0 aliphatic carbocycles. The van der Waals surface area contributed by atoms with Gasteiger partial charge in [-0.15, -0.1) is 11.3 Å². The monoisotopic (exact) mass is 365 g/mol. The Hall–Kier alpha value is -1.82. The number of rotatable bonds is 5. The van der Waals surface area contributed by atoms with Crippen LogP contribution in [0.3, 0.4) is 0 Å². The summed E-state index contributed by atoms with van der Waals surface area (Å²) < 4.78 is 2.72. The minimum atomic E-state index is -0.214. The molecule has 0 bridgehead atoms. The van der Waals surface area contributed by atoms with E-state index in [1.807, 2.05) is 41.2 Å². The molecular weight excluding hydrogens is 353 g/mol. The summed E-state index contributed by atoms with van der Waals surface area (Å²) in [5.41, 5.74) is 2.47. The molecule has 4 nitrogen and oxygen atoms in total. The maximum Gasteiger partial charge on any atom is 0.253 e. The molecule has 2 heterocycles. The van der Waals surface area contributed by atoms with Crippen molar-refractivity contribution in [2.75, 3.05) is 6.54 Å². The van der Waals surface area contributed by atoms with Crippen molar-refractivity contribution in [3.63, 3.8) is 0 Å². The zero-order chi connectivity index (χ0) is 16.2. The number of thiophene rings is 1. The summed E-state index contributed by atoms with van der Waals surface area (Å²) >= 11 is 13.0. The van der Waals surface area contributed by atoms with Crippen LogP contribution in [0.5, 0.6) is 0 Å². The number of para-hydroxylation sites is 1. The summed E-state index contributed by atoms with van der Waals surface area (Å²) in [6, 6.07) is 11.4. The number of hydrogen-bond donors (Lipinski definition) is 1. The largest absolute Gasteiger partial charge is 0.352 e. The van der Waals surface area contributed by atoms with Crippen LogP contribution >= 0.6 is 34.5 Å². The molecule has 0 atom stereocenters. The Morgan fingerprint density at radius 3 is 2.74 bits per heavy atom. The van der Waals surface area contributed by atoms with Gasteiger partial charge >= 0.3 is 0 Å². The Morgan fingerprint density at radius 2 is 2.04 bits per heavy atom. The summed E-state index contributed by atoms with van der Waals surface area (Å²) in [4.78, 5) is 12.0. The fourth-order valence-electron chi connectivity index (χ4n) is 2.12. The predicted octanol–water partition coefficient (Wildman–Crippen LogP) is 4.21. The van der Waals surface area contributed by atoms with Crippen molar-refractivity contribution in [3.05, 3.63) is 68.6 Å². The average Bonchev–Trinajstić information content (AvgIpc) is 3.14. The summed E-state index contributed by atoms with van der Waals surface area (Å²) in [6.45, 7) is 0.503. The number of carbonyl (C=O) groups is 1. The number of hydrogen-bond acceptors (Lipinski definition) is 3. The third-order valence-electron chi connectivity index (χ3n) is 3.26. The highest BCUT2D eigenvalue weighted by Gasteiger charge is 2.13. The third-order valence-corrected chi connectivity index (χ3v) is 4.74. The maximum atomic E-state index is 12.0. The van der Waals surface area contributed by atoms with Crippen LogP contribution in [-0.2, 0) is 6.42 Å². The molecule has 1 aromatic carbocycles. The van der Waals surface area contributed by atoms with Gasteiger partial charge in [0, 0.05) is 12.7 Å². The highest BCUT2D eigenvalue weighted by molar-refractivity contribution is 7.20. The lowest BCUT2D eigenvalue weighted by Crippen LogP contribution is -2.25. The smallest absolute Gasteiger partial charge is 0.253 e. The van der Waals surface area contributed by atoms with Crippen molar-refractivity contribution in [1.82, 2.24) is 15.1 Å². The molecule has 3 rings (SSSR count). The van der Waals surface area contributed by atoms with Crippen molar-refractivity contribution < 1.29 is 4.79 Å². The molecule has 3 aromatic rings. The molecule has 1 amide bonds. The second-order valence-electron chi connectivity index (χ2n) is 4.87. The van der Waals surface area contributed by atoms with Gasteiger partial charge in [-0.1, -0.05) is 41.4 Å². The van der Waals surface area contributed by atoms with Crippen LogP contribution in [0.25, 0.3) is 5.69 Å². The number of amides is 1. The highest BCUT2D eigenvalue weighted by Crippen LogP contribution is 2.30. The molecule has 7 heteroatoms. The van der Waals surface area contributed by atoms with E-state index in [1.165, 1.54) is 11.3 Å². The van der Waals surface area contributed by atoms with E-state index in [2.05, 4.69) is 10.4 Å². The lowest BCUT2D eigenvalue weighted by atomic mass is 10.2. The van der Waals surface area contributed by atoms with Crippen LogP contribution in [0.15, 0.2) is 48.8 Å². The average molecular weight is 366 g/mol. The molecule has 0 unspecified atom stereocenters. The normalized spacial score (nSPS) is 10.7. The summed E-state index contributed by atoms with van der Waals surface area (Å²) in [5.74, 6) is -0.214. The number of nitrogens with zero attached hydrogens (tertiary/aromatic N) is 2. The first-order valence-corrected chi connectivity index (χ1v) is 8.53. The number of carbonyl (C=O) groups excluding carboxylic acids is 1. The van der Waals surface area contributed by atoms with Gasteiger partial charge < -0.3 is 5.32 Å². The van der Waals surface area contributed by atoms with Crippen LogP contribution in [-0.4, -0.2) is 22.2 Å². The number of benzene rings is 1. The summed E-state index contributed by atoms with van der Waals surface area (Å²) in [7, 11) is 0. The SMILES string of the molecule is O=C(NCCc1cnn(-c2ccccc2)c1)c1cc(Cl)sc1Cl. The first kappa shape index (κ1) is 16.1. The van der Waals surface area contributed by atoms with Gasteiger partial charge in [0.2, 0.25) is 0 Å². The Labute approximate surface area is 147 Å². The molecule has 0 spiro atoms. The van der Waals surface area contributed by atoms with Crippen molar-refractivity contribution >= 4 is 40.4 Å². The second-order valence-corrected chi connectivity index (χ2v) is 7.16. The van der Waals surface area contributed by atoms with Crippen LogP contribution in [0, 0.1) is 0 Å². The van der Waals surface area contributed by atoms with Gasteiger partial charge in [-0.3, -0.25) is 4.79 Å². The Balaban J connectivity index is 1.56. The Bertz CT molecular complexity index is 814. The van der Waals surface area contributed by atoms with Crippen molar-refractivity contribution in [2.45, 2.75) is 6.42 Å². The molecular formula is C16H13Cl2N3OS. The van der Waals surface area contributed by atoms with Gasteiger partial charge in [-0.2, -0.15) is 5.10 Å². The summed E-state index contributed by atoms with van der Waals surface area (Å²) in [5, 5.41) is 7.17. The third kappa shape index (κ3) is 3.93. The van der Waals surface area contributed by atoms with Crippen molar-refractivity contribution in [1.29, 1.82) is 0 Å². The van der Waals surface area contributed by atoms with E-state index in [0.717, 1.165) is 11.3 Å². The van der Waals surface area contributed by atoms with Crippen LogP contribution in [0.2, 0.25) is 8.67 Å². The topological polar surface area (TPSA) is 46.9 Å². The molecule has 1 N–H and O–H groups in total. The lowest BCUT2D eigenvalue weighted by Gasteiger charge is -2.03.